The number of carbonyl (C=O) groups is 1. The first kappa shape index (κ1) is 19.0. The summed E-state index contributed by atoms with van der Waals surface area (Å²) in [6, 6.07) is 18.6. The number of sulfone groups is 1. The van der Waals surface area contributed by atoms with Gasteiger partial charge in [0.05, 0.1) is 29.3 Å². The number of esters is 1. The number of aliphatic imine (C=N–C) groups is 1. The Balaban J connectivity index is 1.43. The van der Waals surface area contributed by atoms with E-state index in [9.17, 15) is 13.2 Å². The number of fused-ring (bicyclic) bond motifs is 1. The first-order chi connectivity index (χ1) is 13.5. The molecule has 0 radical (unpaired) electrons. The Morgan fingerprint density at radius 1 is 1.07 bits per heavy atom. The molecule has 2 atom stereocenters. The number of para-hydroxylation sites is 1. The normalized spacial score (nSPS) is 22.6. The van der Waals surface area contributed by atoms with E-state index >= 15 is 0 Å². The SMILES string of the molecule is O=C(CSC1=N[C@H]2CS(=O)(=O)C[C@@H]2N1c1ccccc1)OCc1ccccc1. The minimum atomic E-state index is -3.09. The smallest absolute Gasteiger partial charge is 0.316 e. The fraction of sp³-hybridized carbons (Fsp3) is 0.300. The maximum atomic E-state index is 12.2. The van der Waals surface area contributed by atoms with Crippen molar-refractivity contribution in [3.8, 4) is 0 Å². The molecule has 0 aromatic heterocycles. The molecule has 2 aromatic carbocycles. The summed E-state index contributed by atoms with van der Waals surface area (Å²) in [6.07, 6.45) is 0. The molecule has 0 N–H and O–H groups in total. The predicted octanol–water partition coefficient (Wildman–Crippen LogP) is 2.50. The number of nitrogens with zero attached hydrogens (tertiary/aromatic N) is 2. The second kappa shape index (κ2) is 7.97. The molecule has 1 saturated heterocycles. The van der Waals surface area contributed by atoms with E-state index in [4.69, 9.17) is 4.74 Å². The highest BCUT2D eigenvalue weighted by Gasteiger charge is 2.47. The molecule has 2 aliphatic heterocycles. The van der Waals surface area contributed by atoms with Crippen molar-refractivity contribution in [1.82, 2.24) is 0 Å². The highest BCUT2D eigenvalue weighted by Crippen LogP contribution is 2.34. The molecule has 2 aromatic rings. The van der Waals surface area contributed by atoms with Crippen molar-refractivity contribution in [3.05, 3.63) is 66.2 Å². The molecule has 0 saturated carbocycles. The summed E-state index contributed by atoms with van der Waals surface area (Å²) >= 11 is 1.29. The molecule has 6 nitrogen and oxygen atoms in total. The minimum Gasteiger partial charge on any atom is -0.460 e. The number of thioether (sulfide) groups is 1. The Hall–Kier alpha value is -2.32. The average Bonchev–Trinajstić information content (AvgIpc) is 3.17. The van der Waals surface area contributed by atoms with E-state index in [1.165, 1.54) is 11.8 Å². The highest BCUT2D eigenvalue weighted by molar-refractivity contribution is 8.14. The number of ether oxygens (including phenoxy) is 1. The van der Waals surface area contributed by atoms with E-state index in [0.717, 1.165) is 11.3 Å². The average molecular weight is 417 g/mol. The van der Waals surface area contributed by atoms with Crippen LogP contribution in [0.5, 0.6) is 0 Å². The third kappa shape index (κ3) is 4.23. The number of hydrogen-bond acceptors (Lipinski definition) is 7. The number of rotatable bonds is 5. The van der Waals surface area contributed by atoms with Crippen LogP contribution in [0.2, 0.25) is 0 Å². The van der Waals surface area contributed by atoms with Crippen molar-refractivity contribution in [2.75, 3.05) is 22.2 Å². The Labute approximate surface area is 168 Å². The van der Waals surface area contributed by atoms with Crippen LogP contribution in [0.1, 0.15) is 5.56 Å². The summed E-state index contributed by atoms with van der Waals surface area (Å²) in [5.41, 5.74) is 1.82. The minimum absolute atomic E-state index is 0.0590. The number of hydrogen-bond donors (Lipinski definition) is 0. The summed E-state index contributed by atoms with van der Waals surface area (Å²) in [5.74, 6) is -0.0576. The predicted molar refractivity (Wildman–Crippen MR) is 111 cm³/mol. The zero-order chi connectivity index (χ0) is 19.6. The fourth-order valence-corrected chi connectivity index (χ4v) is 6.19. The highest BCUT2D eigenvalue weighted by atomic mass is 32.2. The third-order valence-corrected chi connectivity index (χ3v) is 7.34. The quantitative estimate of drug-likeness (QED) is 0.697. The lowest BCUT2D eigenvalue weighted by atomic mass is 10.1. The van der Waals surface area contributed by atoms with Crippen molar-refractivity contribution >= 4 is 38.4 Å². The van der Waals surface area contributed by atoms with E-state index < -0.39 is 9.84 Å². The number of carbonyl (C=O) groups excluding carboxylic acids is 1. The second-order valence-electron chi connectivity index (χ2n) is 6.76. The van der Waals surface area contributed by atoms with Gasteiger partial charge in [-0.1, -0.05) is 60.3 Å². The van der Waals surface area contributed by atoms with Crippen LogP contribution in [-0.4, -0.2) is 48.9 Å². The van der Waals surface area contributed by atoms with Gasteiger partial charge in [0.15, 0.2) is 15.0 Å². The van der Waals surface area contributed by atoms with E-state index in [2.05, 4.69) is 4.99 Å². The van der Waals surface area contributed by atoms with Gasteiger partial charge in [0.25, 0.3) is 0 Å². The summed E-state index contributed by atoms with van der Waals surface area (Å²) < 4.78 is 29.4. The molecule has 4 rings (SSSR count). The van der Waals surface area contributed by atoms with Gasteiger partial charge in [0, 0.05) is 5.69 Å². The molecule has 0 bridgehead atoms. The summed E-state index contributed by atoms with van der Waals surface area (Å²) in [4.78, 5) is 18.7. The molecule has 0 aliphatic carbocycles. The molecular formula is C20H20N2O4S2. The lowest BCUT2D eigenvalue weighted by Crippen LogP contribution is -2.39. The topological polar surface area (TPSA) is 76.0 Å². The molecule has 0 amide bonds. The Morgan fingerprint density at radius 3 is 2.46 bits per heavy atom. The fourth-order valence-electron chi connectivity index (χ4n) is 3.43. The zero-order valence-electron chi connectivity index (χ0n) is 15.1. The zero-order valence-corrected chi connectivity index (χ0v) is 16.7. The van der Waals surface area contributed by atoms with Gasteiger partial charge in [-0.15, -0.1) is 0 Å². The molecule has 8 heteroatoms. The lowest BCUT2D eigenvalue weighted by molar-refractivity contribution is -0.141. The Kier molecular flexibility index (Phi) is 5.41. The van der Waals surface area contributed by atoms with E-state index in [-0.39, 0.29) is 41.9 Å². The van der Waals surface area contributed by atoms with Gasteiger partial charge in [-0.05, 0) is 17.7 Å². The van der Waals surface area contributed by atoms with Gasteiger partial charge >= 0.3 is 5.97 Å². The first-order valence-corrected chi connectivity index (χ1v) is 11.8. The van der Waals surface area contributed by atoms with E-state index in [1.807, 2.05) is 65.6 Å². The Bertz CT molecular complexity index is 978. The molecule has 0 spiro atoms. The van der Waals surface area contributed by atoms with Gasteiger partial charge < -0.3 is 9.64 Å². The van der Waals surface area contributed by atoms with Crippen LogP contribution >= 0.6 is 11.8 Å². The molecule has 28 heavy (non-hydrogen) atoms. The van der Waals surface area contributed by atoms with Crippen LogP contribution in [0.25, 0.3) is 0 Å². The standard InChI is InChI=1S/C20H20N2O4S2/c23-19(26-11-15-7-3-1-4-8-15)12-27-20-21-17-13-28(24,25)14-18(17)22(20)16-9-5-2-6-10-16/h1-10,17-18H,11-14H2/t17-,18-/m0/s1. The van der Waals surface area contributed by atoms with Crippen LogP contribution in [-0.2, 0) is 26.0 Å². The van der Waals surface area contributed by atoms with E-state index in [1.54, 1.807) is 0 Å². The monoisotopic (exact) mass is 416 g/mol. The van der Waals surface area contributed by atoms with Crippen molar-refractivity contribution in [3.63, 3.8) is 0 Å². The van der Waals surface area contributed by atoms with Crippen molar-refractivity contribution < 1.29 is 17.9 Å². The molecule has 2 aliphatic rings. The lowest BCUT2D eigenvalue weighted by Gasteiger charge is -2.26. The number of anilines is 1. The summed E-state index contributed by atoms with van der Waals surface area (Å²) in [6.45, 7) is 0.235. The van der Waals surface area contributed by atoms with Crippen molar-refractivity contribution in [2.24, 2.45) is 4.99 Å². The van der Waals surface area contributed by atoms with Crippen molar-refractivity contribution in [2.45, 2.75) is 18.7 Å². The molecule has 1 fully saturated rings. The maximum Gasteiger partial charge on any atom is 0.316 e. The summed E-state index contributed by atoms with van der Waals surface area (Å²) in [5, 5.41) is 0.674. The van der Waals surface area contributed by atoms with Crippen LogP contribution in [0.3, 0.4) is 0 Å². The van der Waals surface area contributed by atoms with Gasteiger partial charge in [-0.2, -0.15) is 0 Å². The van der Waals surface area contributed by atoms with Crippen LogP contribution in [0.4, 0.5) is 5.69 Å². The van der Waals surface area contributed by atoms with Crippen LogP contribution < -0.4 is 4.90 Å². The molecule has 146 valence electrons. The molecule has 0 unspecified atom stereocenters. The van der Waals surface area contributed by atoms with Crippen molar-refractivity contribution in [1.29, 1.82) is 0 Å². The third-order valence-electron chi connectivity index (χ3n) is 4.70. The Morgan fingerprint density at radius 2 is 1.75 bits per heavy atom. The van der Waals surface area contributed by atoms with Crippen LogP contribution in [0.15, 0.2) is 65.7 Å². The van der Waals surface area contributed by atoms with Gasteiger partial charge in [0.1, 0.15) is 6.61 Å². The van der Waals surface area contributed by atoms with Crippen LogP contribution in [0, 0.1) is 0 Å². The maximum absolute atomic E-state index is 12.2. The second-order valence-corrected chi connectivity index (χ2v) is 9.86. The largest absolute Gasteiger partial charge is 0.460 e. The van der Waals surface area contributed by atoms with E-state index in [0.29, 0.717) is 5.17 Å². The number of amidine groups is 1. The van der Waals surface area contributed by atoms with Gasteiger partial charge in [-0.25, -0.2) is 8.42 Å². The van der Waals surface area contributed by atoms with Gasteiger partial charge in [0.2, 0.25) is 0 Å². The first-order valence-electron chi connectivity index (χ1n) is 8.97. The summed E-state index contributed by atoms with van der Waals surface area (Å²) in [7, 11) is -3.09. The molecular weight excluding hydrogens is 396 g/mol. The van der Waals surface area contributed by atoms with Gasteiger partial charge in [-0.3, -0.25) is 9.79 Å². The number of benzene rings is 2. The molecule has 2 heterocycles.